The fraction of sp³-hybridized carbons (Fsp3) is 0.600. The van der Waals surface area contributed by atoms with Crippen LogP contribution in [0.3, 0.4) is 0 Å². The molecule has 25 heavy (non-hydrogen) atoms. The number of amides is 2. The third kappa shape index (κ3) is 4.40. The minimum Gasteiger partial charge on any atom is -0.380 e. The van der Waals surface area contributed by atoms with Gasteiger partial charge in [0, 0.05) is 25.2 Å². The molecule has 1 heterocycles. The van der Waals surface area contributed by atoms with Gasteiger partial charge < -0.3 is 15.3 Å². The van der Waals surface area contributed by atoms with Crippen LogP contribution in [-0.2, 0) is 11.3 Å². The van der Waals surface area contributed by atoms with Crippen LogP contribution >= 0.6 is 0 Å². The van der Waals surface area contributed by atoms with Crippen molar-refractivity contribution < 1.29 is 14.7 Å². The van der Waals surface area contributed by atoms with Gasteiger partial charge in [0.15, 0.2) is 0 Å². The molecular formula is C20H28N2O3. The normalized spacial score (nSPS) is 20.1. The number of piperidine rings is 1. The molecule has 3 rings (SSSR count). The Morgan fingerprint density at radius 2 is 1.72 bits per heavy atom. The molecule has 2 aliphatic rings. The summed E-state index contributed by atoms with van der Waals surface area (Å²) in [5.41, 5.74) is 0.333. The highest BCUT2D eigenvalue weighted by atomic mass is 16.3. The number of nitrogens with zero attached hydrogens (tertiary/aromatic N) is 1. The van der Waals surface area contributed by atoms with Crippen LogP contribution in [0, 0.1) is 0 Å². The Kier molecular flexibility index (Phi) is 5.74. The SMILES string of the molecule is O=C(c1cccc(CNC(=O)C2(O)CCCCC2)c1)N1CCCCC1. The smallest absolute Gasteiger partial charge is 0.253 e. The lowest BCUT2D eigenvalue weighted by Crippen LogP contribution is -2.47. The van der Waals surface area contributed by atoms with E-state index < -0.39 is 5.60 Å². The summed E-state index contributed by atoms with van der Waals surface area (Å²) < 4.78 is 0. The van der Waals surface area contributed by atoms with Gasteiger partial charge in [0.1, 0.15) is 5.60 Å². The lowest BCUT2D eigenvalue weighted by atomic mass is 9.84. The summed E-state index contributed by atoms with van der Waals surface area (Å²) in [6.07, 6.45) is 7.27. The van der Waals surface area contributed by atoms with E-state index in [4.69, 9.17) is 0 Å². The quantitative estimate of drug-likeness (QED) is 0.882. The number of rotatable bonds is 4. The summed E-state index contributed by atoms with van der Waals surface area (Å²) in [6.45, 7) is 1.99. The van der Waals surface area contributed by atoms with Crippen LogP contribution in [0.5, 0.6) is 0 Å². The first kappa shape index (κ1) is 17.9. The zero-order chi connectivity index (χ0) is 17.7. The van der Waals surface area contributed by atoms with E-state index in [-0.39, 0.29) is 11.8 Å². The van der Waals surface area contributed by atoms with Crippen molar-refractivity contribution in [2.45, 2.75) is 63.5 Å². The first-order chi connectivity index (χ1) is 12.1. The second kappa shape index (κ2) is 8.00. The van der Waals surface area contributed by atoms with E-state index in [1.807, 2.05) is 29.2 Å². The minimum atomic E-state index is -1.22. The summed E-state index contributed by atoms with van der Waals surface area (Å²) in [6, 6.07) is 7.44. The summed E-state index contributed by atoms with van der Waals surface area (Å²) in [5.74, 6) is -0.223. The third-order valence-electron chi connectivity index (χ3n) is 5.37. The average molecular weight is 344 g/mol. The molecule has 1 aromatic rings. The largest absolute Gasteiger partial charge is 0.380 e. The van der Waals surface area contributed by atoms with Gasteiger partial charge in [-0.3, -0.25) is 9.59 Å². The maximum atomic E-state index is 12.6. The molecule has 0 bridgehead atoms. The number of aliphatic hydroxyl groups is 1. The van der Waals surface area contributed by atoms with Gasteiger partial charge in [-0.15, -0.1) is 0 Å². The highest BCUT2D eigenvalue weighted by Gasteiger charge is 2.36. The van der Waals surface area contributed by atoms with Crippen LogP contribution in [0.1, 0.15) is 67.3 Å². The van der Waals surface area contributed by atoms with Crippen LogP contribution in [0.2, 0.25) is 0 Å². The average Bonchev–Trinajstić information content (AvgIpc) is 2.67. The summed E-state index contributed by atoms with van der Waals surface area (Å²) in [4.78, 5) is 26.8. The topological polar surface area (TPSA) is 69.6 Å². The molecule has 0 radical (unpaired) electrons. The van der Waals surface area contributed by atoms with E-state index >= 15 is 0 Å². The van der Waals surface area contributed by atoms with Gasteiger partial charge in [-0.25, -0.2) is 0 Å². The van der Waals surface area contributed by atoms with Crippen molar-refractivity contribution in [3.63, 3.8) is 0 Å². The number of hydrogen-bond donors (Lipinski definition) is 2. The molecular weight excluding hydrogens is 316 g/mol. The molecule has 2 amide bonds. The maximum absolute atomic E-state index is 12.6. The Labute approximate surface area is 149 Å². The van der Waals surface area contributed by atoms with Gasteiger partial charge in [-0.2, -0.15) is 0 Å². The number of benzene rings is 1. The summed E-state index contributed by atoms with van der Waals surface area (Å²) in [5, 5.41) is 13.3. The van der Waals surface area contributed by atoms with Crippen molar-refractivity contribution in [2.24, 2.45) is 0 Å². The van der Waals surface area contributed by atoms with E-state index in [0.29, 0.717) is 24.9 Å². The van der Waals surface area contributed by atoms with E-state index in [2.05, 4.69) is 5.32 Å². The van der Waals surface area contributed by atoms with Crippen LogP contribution in [0.15, 0.2) is 24.3 Å². The molecule has 1 aliphatic heterocycles. The van der Waals surface area contributed by atoms with Crippen molar-refractivity contribution in [1.82, 2.24) is 10.2 Å². The van der Waals surface area contributed by atoms with Crippen LogP contribution < -0.4 is 5.32 Å². The minimum absolute atomic E-state index is 0.0683. The van der Waals surface area contributed by atoms with Gasteiger partial charge in [0.2, 0.25) is 0 Å². The number of likely N-dealkylation sites (tertiary alicyclic amines) is 1. The molecule has 0 atom stereocenters. The molecule has 2 N–H and O–H groups in total. The van der Waals surface area contributed by atoms with Gasteiger partial charge in [0.05, 0.1) is 0 Å². The predicted octanol–water partition coefficient (Wildman–Crippen LogP) is 2.62. The second-order valence-corrected chi connectivity index (χ2v) is 7.33. The Balaban J connectivity index is 1.59. The molecule has 1 saturated heterocycles. The number of nitrogens with one attached hydrogen (secondary N) is 1. The van der Waals surface area contributed by atoms with E-state index in [1.165, 1.54) is 6.42 Å². The Hall–Kier alpha value is -1.88. The summed E-state index contributed by atoms with van der Waals surface area (Å²) in [7, 11) is 0. The number of hydrogen-bond acceptors (Lipinski definition) is 3. The van der Waals surface area contributed by atoms with Crippen LogP contribution in [0.4, 0.5) is 0 Å². The highest BCUT2D eigenvalue weighted by molar-refractivity contribution is 5.94. The van der Waals surface area contributed by atoms with Gasteiger partial charge in [-0.1, -0.05) is 31.4 Å². The molecule has 1 saturated carbocycles. The van der Waals surface area contributed by atoms with E-state index in [0.717, 1.165) is 50.8 Å². The lowest BCUT2D eigenvalue weighted by molar-refractivity contribution is -0.143. The Morgan fingerprint density at radius 3 is 2.44 bits per heavy atom. The van der Waals surface area contributed by atoms with Gasteiger partial charge in [-0.05, 0) is 49.8 Å². The molecule has 0 unspecified atom stereocenters. The fourth-order valence-electron chi connectivity index (χ4n) is 3.80. The van der Waals surface area contributed by atoms with Crippen molar-refractivity contribution in [2.75, 3.05) is 13.1 Å². The standard InChI is InChI=1S/C20H28N2O3/c23-18(22-12-5-2-6-13-22)17-9-7-8-16(14-17)15-21-19(24)20(25)10-3-1-4-11-20/h7-9,14,25H,1-6,10-13,15H2,(H,21,24). The van der Waals surface area contributed by atoms with E-state index in [1.54, 1.807) is 0 Å². The predicted molar refractivity (Wildman–Crippen MR) is 96.1 cm³/mol. The molecule has 136 valence electrons. The Morgan fingerprint density at radius 1 is 1.04 bits per heavy atom. The number of carbonyl (C=O) groups excluding carboxylic acids is 2. The monoisotopic (exact) mass is 344 g/mol. The molecule has 2 fully saturated rings. The molecule has 5 heteroatoms. The van der Waals surface area contributed by atoms with Crippen molar-refractivity contribution in [3.8, 4) is 0 Å². The molecule has 0 spiro atoms. The zero-order valence-electron chi connectivity index (χ0n) is 14.8. The van der Waals surface area contributed by atoms with Gasteiger partial charge in [0.25, 0.3) is 11.8 Å². The van der Waals surface area contributed by atoms with Crippen molar-refractivity contribution >= 4 is 11.8 Å². The number of carbonyl (C=O) groups is 2. The van der Waals surface area contributed by atoms with Crippen LogP contribution in [-0.4, -0.2) is 40.5 Å². The lowest BCUT2D eigenvalue weighted by Gasteiger charge is -2.30. The van der Waals surface area contributed by atoms with Crippen molar-refractivity contribution in [3.05, 3.63) is 35.4 Å². The van der Waals surface area contributed by atoms with Crippen molar-refractivity contribution in [1.29, 1.82) is 0 Å². The first-order valence-electron chi connectivity index (χ1n) is 9.47. The third-order valence-corrected chi connectivity index (χ3v) is 5.37. The second-order valence-electron chi connectivity index (χ2n) is 7.33. The summed E-state index contributed by atoms with van der Waals surface area (Å²) >= 11 is 0. The molecule has 5 nitrogen and oxygen atoms in total. The molecule has 1 aliphatic carbocycles. The Bertz CT molecular complexity index is 617. The molecule has 0 aromatic heterocycles. The van der Waals surface area contributed by atoms with Gasteiger partial charge >= 0.3 is 0 Å². The molecule has 1 aromatic carbocycles. The van der Waals surface area contributed by atoms with Crippen LogP contribution in [0.25, 0.3) is 0 Å². The fourth-order valence-corrected chi connectivity index (χ4v) is 3.80. The van der Waals surface area contributed by atoms with E-state index in [9.17, 15) is 14.7 Å². The highest BCUT2D eigenvalue weighted by Crippen LogP contribution is 2.28. The maximum Gasteiger partial charge on any atom is 0.253 e. The first-order valence-corrected chi connectivity index (χ1v) is 9.47. The zero-order valence-corrected chi connectivity index (χ0v) is 14.8.